The Morgan fingerprint density at radius 1 is 0.824 bits per heavy atom. The van der Waals surface area contributed by atoms with Gasteiger partial charge in [0.1, 0.15) is 5.78 Å². The summed E-state index contributed by atoms with van der Waals surface area (Å²) in [5.41, 5.74) is 7.83. The highest BCUT2D eigenvalue weighted by atomic mass is 16.1. The van der Waals surface area contributed by atoms with Gasteiger partial charge >= 0.3 is 0 Å². The van der Waals surface area contributed by atoms with Gasteiger partial charge in [0.05, 0.1) is 0 Å². The van der Waals surface area contributed by atoms with Crippen molar-refractivity contribution in [1.82, 2.24) is 0 Å². The first-order valence-corrected chi connectivity index (χ1v) is 15.2. The Kier molecular flexibility index (Phi) is 6.97. The van der Waals surface area contributed by atoms with Crippen LogP contribution >= 0.6 is 0 Å². The minimum absolute atomic E-state index is 0.0679. The Labute approximate surface area is 212 Å². The zero-order chi connectivity index (χ0) is 25.3. The highest BCUT2D eigenvalue weighted by Crippen LogP contribution is 2.76. The van der Waals surface area contributed by atoms with E-state index < -0.39 is 0 Å². The van der Waals surface area contributed by atoms with Crippen molar-refractivity contribution in [1.29, 1.82) is 0 Å². The van der Waals surface area contributed by atoms with Crippen LogP contribution in [0, 0.1) is 63.1 Å². The van der Waals surface area contributed by atoms with Crippen LogP contribution < -0.4 is 5.73 Å². The molecule has 0 amide bonds. The van der Waals surface area contributed by atoms with Gasteiger partial charge in [-0.1, -0.05) is 48.5 Å². The van der Waals surface area contributed by atoms with Gasteiger partial charge in [-0.25, -0.2) is 0 Å². The van der Waals surface area contributed by atoms with E-state index in [0.29, 0.717) is 39.8 Å². The van der Waals surface area contributed by atoms with Gasteiger partial charge in [0.25, 0.3) is 0 Å². The summed E-state index contributed by atoms with van der Waals surface area (Å²) in [5, 5.41) is 0. The average molecular weight is 472 g/mol. The summed E-state index contributed by atoms with van der Waals surface area (Å²) >= 11 is 0. The molecule has 5 fully saturated rings. The molecule has 2 heteroatoms. The standard InChI is InChI=1S/C30H51NO.C2H6/c1-18-10-13-27(5)23(19(18)2)12-14-29(7)25(27)9-8-24-26-22(20(3)31)11-15-30(26,21(4)32)17-16-28(24,29)6;1-2/h18-20,22-26H,8-17,31H2,1-7H3;1-2H3/t18?,19?,20?,22?,23?,24?,25?,26?,27?,28-,29?,30?;/m1./s1. The quantitative estimate of drug-likeness (QED) is 0.440. The molecule has 5 saturated carbocycles. The third kappa shape index (κ3) is 3.31. The first-order valence-electron chi connectivity index (χ1n) is 15.2. The normalized spacial score (nSPS) is 54.9. The van der Waals surface area contributed by atoms with E-state index in [9.17, 15) is 4.79 Å². The van der Waals surface area contributed by atoms with Crippen LogP contribution in [0.15, 0.2) is 0 Å². The molecule has 0 heterocycles. The van der Waals surface area contributed by atoms with Gasteiger partial charge in [0.2, 0.25) is 0 Å². The molecule has 2 nitrogen and oxygen atoms in total. The van der Waals surface area contributed by atoms with Crippen LogP contribution in [-0.2, 0) is 4.79 Å². The van der Waals surface area contributed by atoms with Crippen molar-refractivity contribution in [2.45, 2.75) is 133 Å². The second-order valence-electron chi connectivity index (χ2n) is 14.4. The predicted octanol–water partition coefficient (Wildman–Crippen LogP) is 8.28. The highest BCUT2D eigenvalue weighted by Gasteiger charge is 2.70. The van der Waals surface area contributed by atoms with E-state index >= 15 is 0 Å². The summed E-state index contributed by atoms with van der Waals surface area (Å²) in [4.78, 5) is 13.2. The molecule has 34 heavy (non-hydrogen) atoms. The smallest absolute Gasteiger partial charge is 0.136 e. The van der Waals surface area contributed by atoms with Crippen molar-refractivity contribution in [2.24, 2.45) is 68.8 Å². The Morgan fingerprint density at radius 2 is 1.50 bits per heavy atom. The van der Waals surface area contributed by atoms with E-state index in [-0.39, 0.29) is 11.5 Å². The third-order valence-corrected chi connectivity index (χ3v) is 13.9. The molecule has 0 radical (unpaired) electrons. The van der Waals surface area contributed by atoms with Crippen LogP contribution in [-0.4, -0.2) is 11.8 Å². The first kappa shape index (κ1) is 26.7. The maximum absolute atomic E-state index is 13.2. The van der Waals surface area contributed by atoms with E-state index in [1.807, 2.05) is 20.8 Å². The number of rotatable bonds is 2. The summed E-state index contributed by atoms with van der Waals surface area (Å²) in [6.45, 7) is 21.3. The molecule has 0 aliphatic heterocycles. The molecule has 2 N–H and O–H groups in total. The van der Waals surface area contributed by atoms with Gasteiger partial charge in [0.15, 0.2) is 0 Å². The zero-order valence-electron chi connectivity index (χ0n) is 24.2. The van der Waals surface area contributed by atoms with Crippen LogP contribution in [0.2, 0.25) is 0 Å². The molecular weight excluding hydrogens is 414 g/mol. The lowest BCUT2D eigenvalue weighted by molar-refractivity contribution is -0.231. The van der Waals surface area contributed by atoms with Crippen LogP contribution in [0.5, 0.6) is 0 Å². The van der Waals surface area contributed by atoms with E-state index in [1.165, 1.54) is 51.4 Å². The minimum atomic E-state index is -0.0679. The predicted molar refractivity (Wildman–Crippen MR) is 144 cm³/mol. The highest BCUT2D eigenvalue weighted by molar-refractivity contribution is 5.83. The number of Topliss-reactive ketones (excluding diaryl/α,β-unsaturated/α-hetero) is 1. The monoisotopic (exact) mass is 471 g/mol. The third-order valence-electron chi connectivity index (χ3n) is 13.9. The fourth-order valence-corrected chi connectivity index (χ4v) is 11.6. The molecule has 196 valence electrons. The van der Waals surface area contributed by atoms with Gasteiger partial charge in [-0.05, 0) is 136 Å². The lowest BCUT2D eigenvalue weighted by Crippen LogP contribution is -2.66. The molecule has 0 spiro atoms. The zero-order valence-corrected chi connectivity index (χ0v) is 24.2. The maximum atomic E-state index is 13.2. The molecule has 11 unspecified atom stereocenters. The lowest BCUT2D eigenvalue weighted by atomic mass is 9.33. The molecule has 5 aliphatic carbocycles. The number of nitrogens with two attached hydrogens (primary N) is 1. The Morgan fingerprint density at radius 3 is 2.12 bits per heavy atom. The average Bonchev–Trinajstić information content (AvgIpc) is 3.20. The van der Waals surface area contributed by atoms with Gasteiger partial charge < -0.3 is 5.73 Å². The van der Waals surface area contributed by atoms with Crippen molar-refractivity contribution in [2.75, 3.05) is 0 Å². The summed E-state index contributed by atoms with van der Waals surface area (Å²) < 4.78 is 0. The first-order chi connectivity index (χ1) is 15.9. The topological polar surface area (TPSA) is 43.1 Å². The van der Waals surface area contributed by atoms with Crippen LogP contribution in [0.1, 0.15) is 127 Å². The fraction of sp³-hybridized carbons (Fsp3) is 0.969. The second kappa shape index (κ2) is 8.88. The molecule has 5 rings (SSSR count). The minimum Gasteiger partial charge on any atom is -0.328 e. The van der Waals surface area contributed by atoms with E-state index in [2.05, 4.69) is 41.5 Å². The Balaban J connectivity index is 0.00000133. The summed E-state index contributed by atoms with van der Waals surface area (Å²) in [6.07, 6.45) is 13.1. The van der Waals surface area contributed by atoms with Crippen molar-refractivity contribution in [3.05, 3.63) is 0 Å². The Bertz CT molecular complexity index is 775. The number of hydrogen-bond acceptors (Lipinski definition) is 2. The van der Waals surface area contributed by atoms with Crippen molar-refractivity contribution >= 4 is 5.78 Å². The van der Waals surface area contributed by atoms with Gasteiger partial charge in [-0.3, -0.25) is 4.79 Å². The van der Waals surface area contributed by atoms with Crippen molar-refractivity contribution < 1.29 is 4.79 Å². The molecule has 0 aromatic carbocycles. The number of carbonyl (C=O) groups is 1. The van der Waals surface area contributed by atoms with E-state index in [0.717, 1.165) is 36.5 Å². The molecular formula is C32H57NO. The van der Waals surface area contributed by atoms with E-state index in [4.69, 9.17) is 5.73 Å². The largest absolute Gasteiger partial charge is 0.328 e. The summed E-state index contributed by atoms with van der Waals surface area (Å²) in [6, 6.07) is 0.211. The molecule has 0 saturated heterocycles. The van der Waals surface area contributed by atoms with Crippen LogP contribution in [0.25, 0.3) is 0 Å². The molecule has 12 atom stereocenters. The SMILES string of the molecule is CC.CC(=O)C12CCC(C(C)N)C1C1CCC3C4(C)CCC(C)C(C)C4CCC3(C)[C@]1(C)CC2. The number of fused-ring (bicyclic) bond motifs is 7. The van der Waals surface area contributed by atoms with Crippen molar-refractivity contribution in [3.8, 4) is 0 Å². The summed E-state index contributed by atoms with van der Waals surface area (Å²) in [7, 11) is 0. The van der Waals surface area contributed by atoms with Gasteiger partial charge in [0, 0.05) is 11.5 Å². The van der Waals surface area contributed by atoms with E-state index in [1.54, 1.807) is 0 Å². The lowest BCUT2D eigenvalue weighted by Gasteiger charge is -2.72. The number of hydrogen-bond donors (Lipinski definition) is 1. The Hall–Kier alpha value is -0.370. The molecule has 0 aromatic heterocycles. The van der Waals surface area contributed by atoms with Crippen LogP contribution in [0.3, 0.4) is 0 Å². The number of carbonyl (C=O) groups excluding carboxylic acids is 1. The van der Waals surface area contributed by atoms with Crippen molar-refractivity contribution in [3.63, 3.8) is 0 Å². The second-order valence-corrected chi connectivity index (χ2v) is 14.4. The summed E-state index contributed by atoms with van der Waals surface area (Å²) in [5.74, 6) is 5.74. The number of ketones is 1. The van der Waals surface area contributed by atoms with Gasteiger partial charge in [-0.2, -0.15) is 0 Å². The molecule has 0 aromatic rings. The fourth-order valence-electron chi connectivity index (χ4n) is 11.6. The van der Waals surface area contributed by atoms with Crippen LogP contribution in [0.4, 0.5) is 0 Å². The van der Waals surface area contributed by atoms with Gasteiger partial charge in [-0.15, -0.1) is 0 Å². The maximum Gasteiger partial charge on any atom is 0.136 e. The molecule has 5 aliphatic rings. The molecule has 0 bridgehead atoms.